The number of hydrogen-bond acceptors (Lipinski definition) is 5. The maximum atomic E-state index is 14.1. The number of ketones is 1. The Morgan fingerprint density at radius 1 is 1.19 bits per heavy atom. The van der Waals surface area contributed by atoms with E-state index < -0.39 is 36.5 Å². The first-order chi connectivity index (χ1) is 16.6. The molecule has 1 aromatic heterocycles. The second-order valence-corrected chi connectivity index (χ2v) is 10.6. The Morgan fingerprint density at radius 2 is 1.81 bits per heavy atom. The van der Waals surface area contributed by atoms with Crippen LogP contribution in [0.25, 0.3) is 0 Å². The molecule has 5 nitrogen and oxygen atoms in total. The van der Waals surface area contributed by atoms with Crippen LogP contribution in [-0.4, -0.2) is 30.8 Å². The van der Waals surface area contributed by atoms with Gasteiger partial charge < -0.3 is 9.64 Å². The third-order valence-corrected chi connectivity index (χ3v) is 6.73. The highest BCUT2D eigenvalue weighted by molar-refractivity contribution is 7.15. The van der Waals surface area contributed by atoms with Crippen molar-refractivity contribution in [1.82, 2.24) is 0 Å². The number of thiophene rings is 1. The summed E-state index contributed by atoms with van der Waals surface area (Å²) < 4.78 is 38.6. The molecule has 0 spiro atoms. The van der Waals surface area contributed by atoms with E-state index >= 15 is 0 Å². The lowest BCUT2D eigenvalue weighted by Crippen LogP contribution is -2.46. The number of methoxy groups -OCH3 is 1. The molecule has 1 aromatic rings. The maximum Gasteiger partial charge on any atom is 0.350 e. The molecule has 2 aliphatic rings. The van der Waals surface area contributed by atoms with E-state index in [4.69, 9.17) is 10.2 Å². The Balaban J connectivity index is 2.10. The van der Waals surface area contributed by atoms with Crippen LogP contribution < -0.4 is 4.90 Å². The van der Waals surface area contributed by atoms with Gasteiger partial charge in [0, 0.05) is 35.7 Å². The van der Waals surface area contributed by atoms with E-state index in [2.05, 4.69) is 11.8 Å². The molecule has 1 heterocycles. The van der Waals surface area contributed by atoms with Gasteiger partial charge in [0.1, 0.15) is 10.7 Å². The fourth-order valence-corrected chi connectivity index (χ4v) is 4.86. The minimum Gasteiger partial charge on any atom is -0.465 e. The summed E-state index contributed by atoms with van der Waals surface area (Å²) in [5.41, 5.74) is 0.0688. The molecular weight excluding hydrogens is 422 g/mol. The lowest BCUT2D eigenvalue weighted by Gasteiger charge is -2.37. The van der Waals surface area contributed by atoms with Crippen molar-refractivity contribution in [2.75, 3.05) is 12.0 Å². The van der Waals surface area contributed by atoms with Crippen LogP contribution in [0.15, 0.2) is 6.07 Å². The molecule has 6 heteroatoms. The molecule has 2 fully saturated rings. The summed E-state index contributed by atoms with van der Waals surface area (Å²) in [7, 11) is 1.27. The number of hydrogen-bond donors (Lipinski definition) is 0. The second kappa shape index (κ2) is 10.2. The van der Waals surface area contributed by atoms with Gasteiger partial charge in [-0.2, -0.15) is 0 Å². The Labute approximate surface area is 201 Å². The van der Waals surface area contributed by atoms with Gasteiger partial charge in [-0.3, -0.25) is 9.59 Å². The maximum absolute atomic E-state index is 14.1. The van der Waals surface area contributed by atoms with Gasteiger partial charge in [-0.25, -0.2) is 4.79 Å². The smallest absolute Gasteiger partial charge is 0.350 e. The van der Waals surface area contributed by atoms with Gasteiger partial charge in [0.05, 0.1) is 17.7 Å². The largest absolute Gasteiger partial charge is 0.465 e. The zero-order valence-corrected chi connectivity index (χ0v) is 20.4. The van der Waals surface area contributed by atoms with Gasteiger partial charge in [0.2, 0.25) is 5.91 Å². The van der Waals surface area contributed by atoms with Crippen molar-refractivity contribution in [3.63, 3.8) is 0 Å². The van der Waals surface area contributed by atoms with Gasteiger partial charge in [-0.05, 0) is 71.2 Å². The average molecular weight is 462 g/mol. The van der Waals surface area contributed by atoms with E-state index in [9.17, 15) is 14.4 Å². The van der Waals surface area contributed by atoms with E-state index in [-0.39, 0.29) is 35.0 Å². The number of carbonyl (C=O) groups is 3. The van der Waals surface area contributed by atoms with Crippen molar-refractivity contribution in [3.8, 4) is 11.8 Å². The highest BCUT2D eigenvalue weighted by Crippen LogP contribution is 2.38. The fourth-order valence-electron chi connectivity index (χ4n) is 3.94. The number of Topliss-reactive ketones (excluding diaryl/α,β-unsaturated/α-hetero) is 1. The van der Waals surface area contributed by atoms with Crippen molar-refractivity contribution in [2.24, 2.45) is 17.3 Å². The van der Waals surface area contributed by atoms with E-state index in [0.717, 1.165) is 11.3 Å². The molecule has 3 rings (SSSR count). The molecule has 0 N–H and O–H groups in total. The minimum absolute atomic E-state index is 0.108. The van der Waals surface area contributed by atoms with Gasteiger partial charge >= 0.3 is 5.97 Å². The molecule has 2 saturated carbocycles. The van der Waals surface area contributed by atoms with Crippen LogP contribution in [0.1, 0.15) is 99.0 Å². The molecular formula is C26H35NO4S. The van der Waals surface area contributed by atoms with E-state index in [1.54, 1.807) is 13.0 Å². The molecule has 0 unspecified atom stereocenters. The van der Waals surface area contributed by atoms with Gasteiger partial charge in [-0.1, -0.05) is 18.8 Å². The molecule has 0 radical (unpaired) electrons. The van der Waals surface area contributed by atoms with Crippen molar-refractivity contribution in [3.05, 3.63) is 15.8 Å². The molecule has 32 heavy (non-hydrogen) atoms. The second-order valence-electron chi connectivity index (χ2n) is 9.53. The molecule has 0 atom stereocenters. The number of rotatable bonds is 4. The number of amides is 1. The first kappa shape index (κ1) is 19.3. The lowest BCUT2D eigenvalue weighted by molar-refractivity contribution is -0.125. The monoisotopic (exact) mass is 461 g/mol. The quantitative estimate of drug-likeness (QED) is 0.432. The summed E-state index contributed by atoms with van der Waals surface area (Å²) in [6.45, 7) is 7.45. The van der Waals surface area contributed by atoms with E-state index in [1.807, 2.05) is 20.8 Å². The number of carbonyl (C=O) groups excluding carboxylic acids is 3. The van der Waals surface area contributed by atoms with Crippen LogP contribution in [0.3, 0.4) is 0 Å². The third-order valence-electron chi connectivity index (χ3n) is 5.71. The molecule has 0 saturated heterocycles. The third kappa shape index (κ3) is 6.01. The van der Waals surface area contributed by atoms with Crippen LogP contribution in [0.4, 0.5) is 5.69 Å². The molecule has 1 amide bonds. The van der Waals surface area contributed by atoms with Crippen LogP contribution in [0, 0.1) is 29.1 Å². The Hall–Kier alpha value is -2.13. The molecule has 0 bridgehead atoms. The predicted octanol–water partition coefficient (Wildman–Crippen LogP) is 5.60. The van der Waals surface area contributed by atoms with Crippen LogP contribution in [0.2, 0.25) is 0 Å². The molecule has 2 aliphatic carbocycles. The first-order valence-corrected chi connectivity index (χ1v) is 12.0. The van der Waals surface area contributed by atoms with Crippen molar-refractivity contribution < 1.29 is 24.6 Å². The summed E-state index contributed by atoms with van der Waals surface area (Å²) in [4.78, 5) is 41.1. The minimum atomic E-state index is -1.86. The van der Waals surface area contributed by atoms with Gasteiger partial charge in [-0.15, -0.1) is 11.3 Å². The summed E-state index contributed by atoms with van der Waals surface area (Å²) in [5, 5.41) is 0. The molecule has 0 aromatic carbocycles. The Morgan fingerprint density at radius 3 is 2.38 bits per heavy atom. The number of nitrogens with zero attached hydrogens (tertiary/aromatic N) is 1. The summed E-state index contributed by atoms with van der Waals surface area (Å²) in [6.07, 6.45) is -2.47. The van der Waals surface area contributed by atoms with Crippen LogP contribution >= 0.6 is 11.3 Å². The van der Waals surface area contributed by atoms with E-state index in [0.29, 0.717) is 36.2 Å². The topological polar surface area (TPSA) is 63.7 Å². The highest BCUT2D eigenvalue weighted by Gasteiger charge is 2.37. The Kier molecular flexibility index (Phi) is 6.17. The fraction of sp³-hybridized carbons (Fsp3) is 0.654. The standard InChI is InChI=1S/C26H35NO4S/c1-17-6-8-18(9-7-17)24(29)27(19-10-12-20(28)13-11-19)22-16-21(14-15-26(2,3)4)32-23(22)25(30)31-5/h16-19H,6-13H2,1-5H3/t17-,18-/i6D2,7D2. The number of ether oxygens (including phenoxy) is 1. The van der Waals surface area contributed by atoms with Crippen molar-refractivity contribution >= 4 is 34.7 Å². The summed E-state index contributed by atoms with van der Waals surface area (Å²) in [5.74, 6) is 3.55. The first-order valence-electron chi connectivity index (χ1n) is 13.2. The lowest BCUT2D eigenvalue weighted by atomic mass is 9.81. The van der Waals surface area contributed by atoms with Crippen LogP contribution in [0.5, 0.6) is 0 Å². The van der Waals surface area contributed by atoms with Gasteiger partial charge in [0.25, 0.3) is 0 Å². The van der Waals surface area contributed by atoms with E-state index in [1.165, 1.54) is 12.0 Å². The normalized spacial score (nSPS) is 27.1. The zero-order chi connectivity index (χ0) is 27.1. The van der Waals surface area contributed by atoms with Crippen molar-refractivity contribution in [1.29, 1.82) is 0 Å². The zero-order valence-electron chi connectivity index (χ0n) is 23.5. The molecule has 174 valence electrons. The predicted molar refractivity (Wildman–Crippen MR) is 128 cm³/mol. The SMILES string of the molecule is [2H]C1([2H])C[C@H](C(=O)N(c2cc(C#CC(C)(C)C)sc2C(=O)OC)C2CCC(=O)CC2)CC([2H])([2H])[C@H]1C. The average Bonchev–Trinajstić information content (AvgIpc) is 3.20. The molecule has 0 aliphatic heterocycles. The highest BCUT2D eigenvalue weighted by atomic mass is 32.1. The van der Waals surface area contributed by atoms with Gasteiger partial charge in [0.15, 0.2) is 0 Å². The van der Waals surface area contributed by atoms with Crippen LogP contribution in [-0.2, 0) is 14.3 Å². The summed E-state index contributed by atoms with van der Waals surface area (Å²) in [6, 6.07) is 1.33. The number of anilines is 1. The van der Waals surface area contributed by atoms with Crippen molar-refractivity contribution in [2.45, 2.75) is 85.0 Å². The number of esters is 1. The Bertz CT molecular complexity index is 1070. The summed E-state index contributed by atoms with van der Waals surface area (Å²) >= 11 is 1.13.